The van der Waals surface area contributed by atoms with Crippen molar-refractivity contribution in [3.8, 4) is 0 Å². The van der Waals surface area contributed by atoms with Crippen molar-refractivity contribution in [1.29, 1.82) is 0 Å². The van der Waals surface area contributed by atoms with Crippen molar-refractivity contribution in [3.05, 3.63) is 11.6 Å². The third-order valence-corrected chi connectivity index (χ3v) is 4.92. The van der Waals surface area contributed by atoms with Crippen molar-refractivity contribution in [3.63, 3.8) is 0 Å². The summed E-state index contributed by atoms with van der Waals surface area (Å²) in [6.45, 7) is 6.78. The molecule has 4 heteroatoms. The van der Waals surface area contributed by atoms with E-state index >= 15 is 0 Å². The number of rotatable bonds is 3. The van der Waals surface area contributed by atoms with Crippen LogP contribution in [0.1, 0.15) is 33.6 Å². The second-order valence-corrected chi connectivity index (χ2v) is 6.41. The molecule has 0 saturated carbocycles. The second-order valence-electron chi connectivity index (χ2n) is 3.92. The number of hydrogen-bond donors (Lipinski definition) is 0. The molecule has 0 aromatic carbocycles. The van der Waals surface area contributed by atoms with Gasteiger partial charge in [0, 0.05) is 13.1 Å². The Kier molecular flexibility index (Phi) is 3.72. The predicted molar refractivity (Wildman–Crippen MR) is 58.6 cm³/mol. The maximum Gasteiger partial charge on any atom is 0.216 e. The molecule has 0 amide bonds. The summed E-state index contributed by atoms with van der Waals surface area (Å²) in [7, 11) is -3.04. The van der Waals surface area contributed by atoms with Gasteiger partial charge < -0.3 is 0 Å². The van der Waals surface area contributed by atoms with Gasteiger partial charge >= 0.3 is 0 Å². The van der Waals surface area contributed by atoms with Gasteiger partial charge in [-0.05, 0) is 26.7 Å². The Hall–Kier alpha value is -0.350. The molecule has 1 heterocycles. The summed E-state index contributed by atoms with van der Waals surface area (Å²) >= 11 is 0. The van der Waals surface area contributed by atoms with Crippen molar-refractivity contribution in [2.45, 2.75) is 38.9 Å². The number of nitrogens with zero attached hydrogens (tertiary/aromatic N) is 1. The van der Waals surface area contributed by atoms with Crippen LogP contribution in [-0.4, -0.2) is 31.1 Å². The molecule has 0 spiro atoms. The summed E-state index contributed by atoms with van der Waals surface area (Å²) in [4.78, 5) is 0. The number of hydrogen-bond acceptors (Lipinski definition) is 2. The van der Waals surface area contributed by atoms with Crippen molar-refractivity contribution in [1.82, 2.24) is 4.31 Å². The summed E-state index contributed by atoms with van der Waals surface area (Å²) in [5.41, 5.74) is 1.38. The number of sulfonamides is 1. The molecular weight excluding hydrogens is 198 g/mol. The first-order chi connectivity index (χ1) is 6.48. The van der Waals surface area contributed by atoms with Gasteiger partial charge in [0.25, 0.3) is 0 Å². The quantitative estimate of drug-likeness (QED) is 0.676. The smallest absolute Gasteiger partial charge is 0.212 e. The van der Waals surface area contributed by atoms with Gasteiger partial charge in [0.1, 0.15) is 0 Å². The zero-order valence-electron chi connectivity index (χ0n) is 9.16. The third-order valence-electron chi connectivity index (χ3n) is 2.68. The van der Waals surface area contributed by atoms with Crippen molar-refractivity contribution in [2.24, 2.45) is 0 Å². The fraction of sp³-hybridized carbons (Fsp3) is 0.800. The molecule has 1 aliphatic rings. The van der Waals surface area contributed by atoms with Gasteiger partial charge in [0.15, 0.2) is 0 Å². The lowest BCUT2D eigenvalue weighted by Gasteiger charge is -2.27. The topological polar surface area (TPSA) is 37.4 Å². The maximum absolute atomic E-state index is 11.8. The van der Waals surface area contributed by atoms with Gasteiger partial charge in [0.05, 0.1) is 5.25 Å². The summed E-state index contributed by atoms with van der Waals surface area (Å²) in [5, 5.41) is -0.306. The average Bonchev–Trinajstić information content (AvgIpc) is 2.17. The first kappa shape index (κ1) is 11.7. The molecule has 0 fully saturated rings. The fourth-order valence-electron chi connectivity index (χ4n) is 1.54. The van der Waals surface area contributed by atoms with E-state index in [1.807, 2.05) is 6.08 Å². The van der Waals surface area contributed by atoms with E-state index in [2.05, 4.69) is 6.92 Å². The highest BCUT2D eigenvalue weighted by atomic mass is 32.2. The van der Waals surface area contributed by atoms with Crippen LogP contribution in [0.5, 0.6) is 0 Å². The largest absolute Gasteiger partial charge is 0.216 e. The predicted octanol–water partition coefficient (Wildman–Crippen LogP) is 1.77. The molecule has 0 N–H and O–H groups in total. The van der Waals surface area contributed by atoms with Crippen LogP contribution in [-0.2, 0) is 10.0 Å². The lowest BCUT2D eigenvalue weighted by atomic mass is 10.1. The molecule has 1 aliphatic heterocycles. The van der Waals surface area contributed by atoms with Crippen molar-refractivity contribution >= 4 is 10.0 Å². The molecule has 1 rings (SSSR count). The van der Waals surface area contributed by atoms with Gasteiger partial charge in [-0.2, -0.15) is 4.31 Å². The molecule has 14 heavy (non-hydrogen) atoms. The molecule has 0 aromatic rings. The molecule has 82 valence electrons. The standard InChI is InChI=1S/C10H19NO2S/c1-4-10-5-7-11(8-6-10)14(12,13)9(2)3/h5,9H,4,6-8H2,1-3H3. The highest BCUT2D eigenvalue weighted by Crippen LogP contribution is 2.18. The van der Waals surface area contributed by atoms with Crippen molar-refractivity contribution in [2.75, 3.05) is 13.1 Å². The van der Waals surface area contributed by atoms with Gasteiger partial charge in [-0.1, -0.05) is 18.6 Å². The molecule has 0 aromatic heterocycles. The van der Waals surface area contributed by atoms with Crippen LogP contribution in [0.15, 0.2) is 11.6 Å². The van der Waals surface area contributed by atoms with Crippen LogP contribution in [0.25, 0.3) is 0 Å². The van der Waals surface area contributed by atoms with E-state index in [4.69, 9.17) is 0 Å². The Morgan fingerprint density at radius 2 is 2.14 bits per heavy atom. The van der Waals surface area contributed by atoms with Crippen LogP contribution < -0.4 is 0 Å². The van der Waals surface area contributed by atoms with E-state index in [9.17, 15) is 8.42 Å². The Labute approximate surface area is 86.8 Å². The van der Waals surface area contributed by atoms with E-state index in [1.165, 1.54) is 5.57 Å². The van der Waals surface area contributed by atoms with Gasteiger partial charge in [-0.15, -0.1) is 0 Å². The van der Waals surface area contributed by atoms with E-state index in [0.717, 1.165) is 12.8 Å². The monoisotopic (exact) mass is 217 g/mol. The Morgan fingerprint density at radius 1 is 1.50 bits per heavy atom. The minimum Gasteiger partial charge on any atom is -0.212 e. The maximum atomic E-state index is 11.8. The first-order valence-electron chi connectivity index (χ1n) is 5.15. The molecule has 0 aliphatic carbocycles. The molecule has 0 saturated heterocycles. The van der Waals surface area contributed by atoms with Gasteiger partial charge in [-0.25, -0.2) is 8.42 Å². The highest BCUT2D eigenvalue weighted by molar-refractivity contribution is 7.89. The van der Waals surface area contributed by atoms with Gasteiger partial charge in [-0.3, -0.25) is 0 Å². The fourth-order valence-corrected chi connectivity index (χ4v) is 2.77. The minimum atomic E-state index is -3.04. The Morgan fingerprint density at radius 3 is 2.50 bits per heavy atom. The van der Waals surface area contributed by atoms with Crippen LogP contribution >= 0.6 is 0 Å². The second kappa shape index (κ2) is 4.45. The molecule has 0 radical (unpaired) electrons. The summed E-state index contributed by atoms with van der Waals surface area (Å²) in [6, 6.07) is 0. The molecule has 3 nitrogen and oxygen atoms in total. The lowest BCUT2D eigenvalue weighted by Crippen LogP contribution is -2.39. The van der Waals surface area contributed by atoms with Crippen LogP contribution in [0, 0.1) is 0 Å². The zero-order chi connectivity index (χ0) is 10.8. The van der Waals surface area contributed by atoms with Gasteiger partial charge in [0.2, 0.25) is 10.0 Å². The minimum absolute atomic E-state index is 0.306. The van der Waals surface area contributed by atoms with Crippen LogP contribution in [0.2, 0.25) is 0 Å². The first-order valence-corrected chi connectivity index (χ1v) is 6.65. The van der Waals surface area contributed by atoms with E-state index in [1.54, 1.807) is 18.2 Å². The normalized spacial score (nSPS) is 19.9. The summed E-state index contributed by atoms with van der Waals surface area (Å²) in [6.07, 6.45) is 3.97. The molecule has 0 bridgehead atoms. The summed E-state index contributed by atoms with van der Waals surface area (Å²) in [5.74, 6) is 0. The highest BCUT2D eigenvalue weighted by Gasteiger charge is 2.26. The van der Waals surface area contributed by atoms with Crippen LogP contribution in [0.4, 0.5) is 0 Å². The third kappa shape index (κ3) is 2.36. The molecule has 0 unspecified atom stereocenters. The zero-order valence-corrected chi connectivity index (χ0v) is 9.97. The van der Waals surface area contributed by atoms with Crippen molar-refractivity contribution < 1.29 is 8.42 Å². The van der Waals surface area contributed by atoms with E-state index in [0.29, 0.717) is 13.1 Å². The Balaban J connectivity index is 2.72. The molecular formula is C10H19NO2S. The lowest BCUT2D eigenvalue weighted by molar-refractivity contribution is 0.423. The van der Waals surface area contributed by atoms with E-state index in [-0.39, 0.29) is 5.25 Å². The summed E-state index contributed by atoms with van der Waals surface area (Å²) < 4.78 is 25.1. The molecule has 0 atom stereocenters. The van der Waals surface area contributed by atoms with E-state index < -0.39 is 10.0 Å². The SMILES string of the molecule is CCC1=CCN(S(=O)(=O)C(C)C)CC1. The average molecular weight is 217 g/mol. The Bertz CT molecular complexity index is 317. The van der Waals surface area contributed by atoms with Crippen LogP contribution in [0.3, 0.4) is 0 Å².